The van der Waals surface area contributed by atoms with Crippen molar-refractivity contribution in [2.24, 2.45) is 0 Å². The molecule has 1 saturated heterocycles. The first kappa shape index (κ1) is 18.2. The Balaban J connectivity index is 1.60. The van der Waals surface area contributed by atoms with E-state index in [1.165, 1.54) is 4.90 Å². The molecule has 0 spiro atoms. The van der Waals surface area contributed by atoms with E-state index in [9.17, 15) is 19.5 Å². The Hall–Kier alpha value is -2.57. The molecular weight excluding hydrogens is 334 g/mol. The molecule has 3 rings (SSSR count). The van der Waals surface area contributed by atoms with Crippen LogP contribution >= 0.6 is 0 Å². The Labute approximate surface area is 153 Å². The molecule has 1 heterocycles. The van der Waals surface area contributed by atoms with Gasteiger partial charge in [-0.3, -0.25) is 14.4 Å². The first-order chi connectivity index (χ1) is 12.4. The molecule has 0 atom stereocenters. The van der Waals surface area contributed by atoms with Gasteiger partial charge in [-0.05, 0) is 36.5 Å². The van der Waals surface area contributed by atoms with Crippen molar-refractivity contribution in [1.82, 2.24) is 15.1 Å². The number of nitrogens with one attached hydrogen (secondary N) is 1. The SMILES string of the molecule is CC(C)c1ccc(O)c(C(=O)N2CCN(C(=O)C(=O)NC3CC3)CC2)c1. The number of hydrogen-bond donors (Lipinski definition) is 2. The number of amides is 3. The molecule has 1 saturated carbocycles. The third-order valence-corrected chi connectivity index (χ3v) is 4.88. The average molecular weight is 359 g/mol. The summed E-state index contributed by atoms with van der Waals surface area (Å²) < 4.78 is 0. The minimum absolute atomic E-state index is 0.0401. The van der Waals surface area contributed by atoms with Crippen molar-refractivity contribution in [3.05, 3.63) is 29.3 Å². The molecule has 0 aromatic heterocycles. The minimum Gasteiger partial charge on any atom is -0.507 e. The third-order valence-electron chi connectivity index (χ3n) is 4.88. The van der Waals surface area contributed by atoms with Crippen molar-refractivity contribution in [3.8, 4) is 5.75 Å². The van der Waals surface area contributed by atoms with Crippen molar-refractivity contribution < 1.29 is 19.5 Å². The predicted molar refractivity (Wildman–Crippen MR) is 95.8 cm³/mol. The highest BCUT2D eigenvalue weighted by Crippen LogP contribution is 2.25. The monoisotopic (exact) mass is 359 g/mol. The van der Waals surface area contributed by atoms with Crippen molar-refractivity contribution in [2.45, 2.75) is 38.6 Å². The van der Waals surface area contributed by atoms with Crippen LogP contribution in [0.1, 0.15) is 48.5 Å². The molecule has 3 amide bonds. The van der Waals surface area contributed by atoms with Crippen LogP contribution in [-0.2, 0) is 9.59 Å². The molecule has 2 fully saturated rings. The van der Waals surface area contributed by atoms with E-state index in [-0.39, 0.29) is 29.2 Å². The van der Waals surface area contributed by atoms with Crippen LogP contribution in [0.25, 0.3) is 0 Å². The molecule has 0 bridgehead atoms. The lowest BCUT2D eigenvalue weighted by Crippen LogP contribution is -2.54. The van der Waals surface area contributed by atoms with Gasteiger partial charge in [0.1, 0.15) is 5.75 Å². The number of phenolic OH excluding ortho intramolecular Hbond substituents is 1. The van der Waals surface area contributed by atoms with E-state index >= 15 is 0 Å². The maximum absolute atomic E-state index is 12.7. The summed E-state index contributed by atoms with van der Waals surface area (Å²) in [5.41, 5.74) is 1.26. The van der Waals surface area contributed by atoms with Crippen LogP contribution < -0.4 is 5.32 Å². The van der Waals surface area contributed by atoms with Gasteiger partial charge >= 0.3 is 11.8 Å². The summed E-state index contributed by atoms with van der Waals surface area (Å²) in [6, 6.07) is 5.23. The topological polar surface area (TPSA) is 90.0 Å². The van der Waals surface area contributed by atoms with Crippen LogP contribution in [0.3, 0.4) is 0 Å². The van der Waals surface area contributed by atoms with E-state index in [4.69, 9.17) is 0 Å². The van der Waals surface area contributed by atoms with Crippen molar-refractivity contribution in [1.29, 1.82) is 0 Å². The molecule has 140 valence electrons. The zero-order valence-corrected chi connectivity index (χ0v) is 15.2. The number of carbonyl (C=O) groups excluding carboxylic acids is 3. The Morgan fingerprint density at radius 2 is 1.69 bits per heavy atom. The molecule has 1 aliphatic carbocycles. The Kier molecular flexibility index (Phi) is 5.15. The van der Waals surface area contributed by atoms with Gasteiger partial charge in [0.2, 0.25) is 0 Å². The van der Waals surface area contributed by atoms with Crippen LogP contribution in [0, 0.1) is 0 Å². The standard InChI is InChI=1S/C19H25N3O4/c1-12(2)13-3-6-16(23)15(11-13)18(25)21-7-9-22(10-8-21)19(26)17(24)20-14-4-5-14/h3,6,11-12,14,23H,4-5,7-10H2,1-2H3,(H,20,24). The second-order valence-electron chi connectivity index (χ2n) is 7.26. The number of rotatable bonds is 3. The van der Waals surface area contributed by atoms with Crippen molar-refractivity contribution in [3.63, 3.8) is 0 Å². The molecule has 2 aliphatic rings. The predicted octanol–water partition coefficient (Wildman–Crippen LogP) is 1.08. The summed E-state index contributed by atoms with van der Waals surface area (Å²) in [4.78, 5) is 39.8. The molecule has 0 unspecified atom stereocenters. The Bertz CT molecular complexity index is 719. The lowest BCUT2D eigenvalue weighted by molar-refractivity contribution is -0.146. The summed E-state index contributed by atoms with van der Waals surface area (Å²) >= 11 is 0. The average Bonchev–Trinajstić information content (AvgIpc) is 3.44. The fourth-order valence-corrected chi connectivity index (χ4v) is 2.99. The van der Waals surface area contributed by atoms with Crippen LogP contribution in [0.15, 0.2) is 18.2 Å². The largest absolute Gasteiger partial charge is 0.507 e. The highest BCUT2D eigenvalue weighted by Gasteiger charge is 2.32. The highest BCUT2D eigenvalue weighted by atomic mass is 16.3. The molecule has 1 aliphatic heterocycles. The number of nitrogens with zero attached hydrogens (tertiary/aromatic N) is 2. The van der Waals surface area contributed by atoms with E-state index in [1.54, 1.807) is 17.0 Å². The van der Waals surface area contributed by atoms with Gasteiger partial charge in [0.25, 0.3) is 5.91 Å². The molecule has 0 radical (unpaired) electrons. The number of benzene rings is 1. The van der Waals surface area contributed by atoms with E-state index in [0.717, 1.165) is 18.4 Å². The van der Waals surface area contributed by atoms with Gasteiger partial charge in [0, 0.05) is 32.2 Å². The zero-order chi connectivity index (χ0) is 18.8. The van der Waals surface area contributed by atoms with E-state index in [2.05, 4.69) is 5.32 Å². The van der Waals surface area contributed by atoms with E-state index in [0.29, 0.717) is 26.2 Å². The maximum atomic E-state index is 12.7. The number of piperazine rings is 1. The van der Waals surface area contributed by atoms with Crippen LogP contribution in [0.4, 0.5) is 0 Å². The van der Waals surface area contributed by atoms with Crippen molar-refractivity contribution in [2.75, 3.05) is 26.2 Å². The molecule has 7 heteroatoms. The van der Waals surface area contributed by atoms with Crippen molar-refractivity contribution >= 4 is 17.7 Å². The van der Waals surface area contributed by atoms with Gasteiger partial charge in [-0.25, -0.2) is 0 Å². The maximum Gasteiger partial charge on any atom is 0.312 e. The number of hydrogen-bond acceptors (Lipinski definition) is 4. The highest BCUT2D eigenvalue weighted by molar-refractivity contribution is 6.35. The second kappa shape index (κ2) is 7.35. The van der Waals surface area contributed by atoms with Crippen LogP contribution in [-0.4, -0.2) is 64.8 Å². The summed E-state index contributed by atoms with van der Waals surface area (Å²) in [5, 5.41) is 12.7. The Morgan fingerprint density at radius 3 is 2.27 bits per heavy atom. The van der Waals surface area contributed by atoms with Gasteiger partial charge in [0.15, 0.2) is 0 Å². The quantitative estimate of drug-likeness (QED) is 0.790. The summed E-state index contributed by atoms with van der Waals surface area (Å²) in [7, 11) is 0. The molecule has 26 heavy (non-hydrogen) atoms. The van der Waals surface area contributed by atoms with Gasteiger partial charge in [-0.1, -0.05) is 19.9 Å². The van der Waals surface area contributed by atoms with Gasteiger partial charge in [0.05, 0.1) is 5.56 Å². The number of phenols is 1. The fourth-order valence-electron chi connectivity index (χ4n) is 2.99. The smallest absolute Gasteiger partial charge is 0.312 e. The molecule has 7 nitrogen and oxygen atoms in total. The van der Waals surface area contributed by atoms with Crippen LogP contribution in [0.5, 0.6) is 5.75 Å². The van der Waals surface area contributed by atoms with Gasteiger partial charge in [-0.15, -0.1) is 0 Å². The molecule has 1 aromatic carbocycles. The Morgan fingerprint density at radius 1 is 1.08 bits per heavy atom. The summed E-state index contributed by atoms with van der Waals surface area (Å²) in [6.45, 7) is 5.36. The third kappa shape index (κ3) is 3.98. The number of aromatic hydroxyl groups is 1. The number of carbonyl (C=O) groups is 3. The van der Waals surface area contributed by atoms with Crippen LogP contribution in [0.2, 0.25) is 0 Å². The minimum atomic E-state index is -0.561. The van der Waals surface area contributed by atoms with E-state index < -0.39 is 11.8 Å². The lowest BCUT2D eigenvalue weighted by atomic mass is 9.99. The molecule has 1 aromatic rings. The fraction of sp³-hybridized carbons (Fsp3) is 0.526. The molecule has 2 N–H and O–H groups in total. The van der Waals surface area contributed by atoms with E-state index in [1.807, 2.05) is 19.9 Å². The molecular formula is C19H25N3O4. The summed E-state index contributed by atoms with van der Waals surface area (Å²) in [6.07, 6.45) is 1.86. The first-order valence-electron chi connectivity index (χ1n) is 9.08. The zero-order valence-electron chi connectivity index (χ0n) is 15.2. The second-order valence-corrected chi connectivity index (χ2v) is 7.26. The van der Waals surface area contributed by atoms with Gasteiger partial charge in [-0.2, -0.15) is 0 Å². The summed E-state index contributed by atoms with van der Waals surface area (Å²) in [5.74, 6) is -1.13. The van der Waals surface area contributed by atoms with Gasteiger partial charge < -0.3 is 20.2 Å². The lowest BCUT2D eigenvalue weighted by Gasteiger charge is -2.34. The normalized spacial score (nSPS) is 17.3. The first-order valence-corrected chi connectivity index (χ1v) is 9.08.